The number of aromatic nitrogens is 6. The quantitative estimate of drug-likeness (QED) is 0.0114. The fourth-order valence-electron chi connectivity index (χ4n) is 4.32. The Balaban J connectivity index is -0.000000301. The number of thiol groups is 1. The van der Waals surface area contributed by atoms with E-state index in [-0.39, 0.29) is 50.1 Å². The molecule has 1 fully saturated rings. The molecule has 6 aromatic rings. The molecule has 0 bridgehead atoms. The summed E-state index contributed by atoms with van der Waals surface area (Å²) in [6, 6.07) is 27.7. The van der Waals surface area contributed by atoms with Crippen molar-refractivity contribution >= 4 is 249 Å². The van der Waals surface area contributed by atoms with Crippen LogP contribution < -0.4 is 41.1 Å². The Morgan fingerprint density at radius 2 is 0.953 bits per heavy atom. The fraction of sp³-hybridized carbons (Fsp3) is 0.300. The van der Waals surface area contributed by atoms with Gasteiger partial charge in [0.1, 0.15) is 10.1 Å². The van der Waals surface area contributed by atoms with Crippen LogP contribution >= 0.6 is 219 Å². The SMILES string of the molecule is CC(=O)NCCS.CC(=O)NCCSSCCN.CC(=O)ON1C(=O)CCC1=O.I.II.I[I-]I.NCCSSCCN.[2H][3H].[3HH].c1cc(SSc2ccncc2)ccn1.c1ccc(SSc2ccccn2)nc1.c1cncc(SSc2cccnc2)c1. The second-order valence-electron chi connectivity index (χ2n) is 14.1. The molecule has 85 heavy (non-hydrogen) atoms. The number of rotatable bonds is 23. The number of hydrogen-bond donors (Lipinski definition) is 6. The van der Waals surface area contributed by atoms with Crippen molar-refractivity contribution in [2.45, 2.75) is 63.2 Å². The van der Waals surface area contributed by atoms with Gasteiger partial charge >= 0.3 is 56.5 Å². The van der Waals surface area contributed by atoms with E-state index in [1.165, 1.54) is 23.6 Å². The molecular formula is C50H71I6N12O6S11-. The molecule has 35 heteroatoms. The van der Waals surface area contributed by atoms with Crippen molar-refractivity contribution in [3.8, 4) is 0 Å². The van der Waals surface area contributed by atoms with E-state index in [9.17, 15) is 24.0 Å². The van der Waals surface area contributed by atoms with Gasteiger partial charge in [-0.05, 0) is 94.4 Å². The summed E-state index contributed by atoms with van der Waals surface area (Å²) in [5.41, 5.74) is 15.8. The average molecular weight is 2060 g/mol. The van der Waals surface area contributed by atoms with Gasteiger partial charge in [0.2, 0.25) is 11.8 Å². The molecule has 0 aromatic carbocycles. The van der Waals surface area contributed by atoms with Crippen LogP contribution in [0.15, 0.2) is 177 Å². The Morgan fingerprint density at radius 3 is 1.26 bits per heavy atom. The van der Waals surface area contributed by atoms with Crippen molar-refractivity contribution in [1.29, 1.82) is 0 Å². The number of nitrogens with one attached hydrogen (secondary N) is 2. The third-order valence-electron chi connectivity index (χ3n) is 7.57. The number of imide groups is 1. The number of hydroxylamine groups is 2. The molecule has 7 heterocycles. The van der Waals surface area contributed by atoms with Gasteiger partial charge in [-0.2, -0.15) is 12.6 Å². The third-order valence-corrected chi connectivity index (χ3v) is 19.7. The predicted octanol–water partition coefficient (Wildman–Crippen LogP) is 11.9. The second-order valence-corrected chi connectivity index (χ2v) is 43.0. The molecule has 0 aliphatic carbocycles. The monoisotopic (exact) mass is 2050 g/mol. The van der Waals surface area contributed by atoms with Crippen molar-refractivity contribution in [2.24, 2.45) is 17.2 Å². The number of pyridine rings is 6. The van der Waals surface area contributed by atoms with Crippen LogP contribution in [0.25, 0.3) is 0 Å². The number of halogens is 6. The first kappa shape index (κ1) is 87.6. The van der Waals surface area contributed by atoms with E-state index in [0.29, 0.717) is 30.6 Å². The standard InChI is InChI=1S/3C10H8N2S2.C6H14N2OS2.C6H7NO4.C4H12N2S2.C4H9NOS.I3.I2.HI.2H2/c1-5-11-6-2-9(1)13-14-10-3-7-12-8-4-10;1-3-9(7-11-5-1)13-14-10-4-2-6-12-8-10;1-3-7-11-9(5-1)13-14-10-6-2-4-8-12-10;1-6(9)8-3-5-11-10-4-2-7;1-4(8)11-7-5(9)2-3-6(7)10;5-1-3-7-8-4-2-6;1-4(6)5-2-3-7;1-3-2;1-2;;;/h3*1-8H;2-5,7H2,1H3,(H,8,9);2-3H2,1H3;1-6H2;7H,2-3H2,1H3,(H,5,6);;;3*1H/q;;;;;;;-1;;;;/i;;;;;;;;;;1+2D;1+2. The smallest absolute Gasteiger partial charge is 0.107 e. The number of nitrogens with zero attached hydrogens (tertiary/aromatic N) is 7. The van der Waals surface area contributed by atoms with Crippen LogP contribution in [0.3, 0.4) is 0 Å². The van der Waals surface area contributed by atoms with Crippen LogP contribution in [0.2, 0.25) is 0 Å². The predicted molar refractivity (Wildman–Crippen MR) is 417 cm³/mol. The van der Waals surface area contributed by atoms with Crippen LogP contribution in [-0.2, 0) is 28.8 Å². The summed E-state index contributed by atoms with van der Waals surface area (Å²) in [6.45, 7) is 7.82. The summed E-state index contributed by atoms with van der Waals surface area (Å²) in [7, 11) is 17.1. The van der Waals surface area contributed by atoms with Crippen LogP contribution in [0.4, 0.5) is 0 Å². The van der Waals surface area contributed by atoms with Gasteiger partial charge in [-0.1, -0.05) is 98.5 Å². The topological polar surface area (TPSA) is 277 Å². The van der Waals surface area contributed by atoms with Gasteiger partial charge in [0.25, 0.3) is 11.8 Å². The average Bonchev–Trinajstić information content (AvgIpc) is 4.15. The maximum Gasteiger partial charge on any atom is 0.107 e. The zero-order valence-electron chi connectivity index (χ0n) is 48.0. The molecule has 0 unspecified atom stereocenters. The minimum Gasteiger partial charge on any atom is -0.330 e. The molecule has 8 N–H and O–H groups in total. The molecule has 7 rings (SSSR count). The first-order chi connectivity index (χ1) is 41.8. The molecular weight excluding hydrogens is 1980 g/mol. The number of carbonyl (C=O) groups excluding carboxylic acids is 5. The number of nitrogens with two attached hydrogens (primary N) is 3. The van der Waals surface area contributed by atoms with E-state index in [4.69, 9.17) is 20.2 Å². The first-order valence-corrected chi connectivity index (χ1v) is 54.9. The molecule has 0 radical (unpaired) electrons. The summed E-state index contributed by atoms with van der Waals surface area (Å²) in [5.74, 6) is 3.18. The zero-order valence-corrected chi connectivity index (χ0v) is 68.2. The molecule has 18 nitrogen and oxygen atoms in total. The van der Waals surface area contributed by atoms with Crippen LogP contribution in [0.5, 0.6) is 0 Å². The van der Waals surface area contributed by atoms with Crippen LogP contribution in [-0.4, -0.2) is 126 Å². The summed E-state index contributed by atoms with van der Waals surface area (Å²) in [4.78, 5) is 85.8. The molecule has 0 spiro atoms. The van der Waals surface area contributed by atoms with Crippen molar-refractivity contribution in [1.82, 2.24) is 45.6 Å². The molecule has 0 saturated carbocycles. The van der Waals surface area contributed by atoms with Gasteiger partial charge in [-0.3, -0.25) is 39.1 Å². The minimum atomic E-state index is -0.659. The number of carbonyl (C=O) groups is 5. The first-order valence-electron chi connectivity index (χ1n) is 25.0. The molecule has 0 atom stereocenters. The summed E-state index contributed by atoms with van der Waals surface area (Å²) in [6.07, 6.45) is 18.3. The van der Waals surface area contributed by atoms with E-state index < -0.39 is 17.8 Å². The van der Waals surface area contributed by atoms with Crippen LogP contribution in [0.1, 0.15) is 38.0 Å². The largest absolute Gasteiger partial charge is 0.330 e. The summed E-state index contributed by atoms with van der Waals surface area (Å²) in [5, 5.41) is 7.82. The summed E-state index contributed by atoms with van der Waals surface area (Å²) >= 11 is 13.4. The molecule has 1 aliphatic heterocycles. The Kier molecular flexibility index (Phi) is 71.0. The molecule has 4 amide bonds. The van der Waals surface area contributed by atoms with Gasteiger partial charge in [-0.25, -0.2) is 14.8 Å². The van der Waals surface area contributed by atoms with Gasteiger partial charge < -0.3 is 32.7 Å². The van der Waals surface area contributed by atoms with E-state index in [1.54, 1.807) is 158 Å². The maximum absolute atomic E-state index is 10.7. The van der Waals surface area contributed by atoms with E-state index in [0.717, 1.165) is 76.0 Å². The Morgan fingerprint density at radius 1 is 0.576 bits per heavy atom. The Labute approximate surface area is 620 Å². The van der Waals surface area contributed by atoms with Crippen molar-refractivity contribution in [2.75, 3.05) is 61.5 Å². The fourth-order valence-corrected chi connectivity index (χ4v) is 13.4. The number of hydrogen-bond acceptors (Lipinski definition) is 26. The molecule has 1 aliphatic rings. The molecule has 1 saturated heterocycles. The van der Waals surface area contributed by atoms with Crippen molar-refractivity contribution in [3.63, 3.8) is 0 Å². The maximum atomic E-state index is 10.7. The van der Waals surface area contributed by atoms with E-state index in [1.807, 2.05) is 97.3 Å². The number of amides is 4. The minimum absolute atomic E-state index is 0. The second kappa shape index (κ2) is 68.9. The zero-order chi connectivity index (χ0) is 64.5. The van der Waals surface area contributed by atoms with Gasteiger partial charge in [0, 0.05) is 218 Å². The molecule has 476 valence electrons. The van der Waals surface area contributed by atoms with Gasteiger partial charge in [0.05, 0.1) is 0 Å². The van der Waals surface area contributed by atoms with Crippen molar-refractivity contribution in [3.05, 3.63) is 147 Å². The molecule has 6 aromatic heterocycles. The third kappa shape index (κ3) is 60.6. The summed E-state index contributed by atoms with van der Waals surface area (Å²) < 4.78 is 10.0. The van der Waals surface area contributed by atoms with Crippen molar-refractivity contribution < 1.29 is 46.5 Å². The van der Waals surface area contributed by atoms with Crippen LogP contribution in [0, 0.1) is 0 Å². The van der Waals surface area contributed by atoms with Gasteiger partial charge in [0.15, 0.2) is 0 Å². The Hall–Kier alpha value is 0.560. The Bertz CT molecular complexity index is 2200. The normalized spacial score (nSPS) is 10.5. The van der Waals surface area contributed by atoms with Gasteiger partial charge in [-0.15, -0.1) is 29.0 Å². The van der Waals surface area contributed by atoms with E-state index >= 15 is 0 Å². The van der Waals surface area contributed by atoms with E-state index in [2.05, 4.69) is 132 Å².